The van der Waals surface area contributed by atoms with Crippen LogP contribution in [0.25, 0.3) is 0 Å². The molecule has 1 unspecified atom stereocenters. The Morgan fingerprint density at radius 1 is 1.45 bits per heavy atom. The van der Waals surface area contributed by atoms with Crippen LogP contribution in [0.5, 0.6) is 0 Å². The zero-order valence-electron chi connectivity index (χ0n) is 5.91. The number of benzene rings is 1. The van der Waals surface area contributed by atoms with Gasteiger partial charge in [-0.1, -0.05) is 17.7 Å². The average Bonchev–Trinajstić information content (AvgIpc) is 1.88. The van der Waals surface area contributed by atoms with E-state index in [0.29, 0.717) is 5.02 Å². The maximum atomic E-state index is 10.3. The van der Waals surface area contributed by atoms with Gasteiger partial charge in [0.25, 0.3) is 0 Å². The predicted octanol–water partition coefficient (Wildman–Crippen LogP) is -1.42. The Morgan fingerprint density at radius 2 is 2.09 bits per heavy atom. The summed E-state index contributed by atoms with van der Waals surface area (Å²) >= 11 is 3.34. The van der Waals surface area contributed by atoms with E-state index >= 15 is 0 Å². The smallest absolute Gasteiger partial charge is 0.768 e. The first-order valence-electron chi connectivity index (χ1n) is 2.55. The van der Waals surface area contributed by atoms with Crippen LogP contribution in [0.15, 0.2) is 29.2 Å². The van der Waals surface area contributed by atoms with Gasteiger partial charge in [0.2, 0.25) is 0 Å². The molecular formula is C6H4ClNaO2S. The third kappa shape index (κ3) is 3.69. The molecule has 0 heterocycles. The van der Waals surface area contributed by atoms with Gasteiger partial charge < -0.3 is 4.55 Å². The van der Waals surface area contributed by atoms with Gasteiger partial charge in [0, 0.05) is 9.92 Å². The fourth-order valence-electron chi connectivity index (χ4n) is 0.571. The molecule has 0 saturated heterocycles. The SMILES string of the molecule is O=S([O-])c1cccc(Cl)c1.[Na+]. The van der Waals surface area contributed by atoms with Gasteiger partial charge in [-0.2, -0.15) is 0 Å². The standard InChI is InChI=1S/C6H5ClO2S.Na/c7-5-2-1-3-6(4-5)10(8)9;/h1-4H,(H,8,9);/q;+1/p-1. The van der Waals surface area contributed by atoms with E-state index in [0.717, 1.165) is 0 Å². The van der Waals surface area contributed by atoms with E-state index in [1.54, 1.807) is 12.1 Å². The number of rotatable bonds is 1. The van der Waals surface area contributed by atoms with E-state index in [1.165, 1.54) is 12.1 Å². The monoisotopic (exact) mass is 198 g/mol. The number of hydrogen-bond donors (Lipinski definition) is 0. The summed E-state index contributed by atoms with van der Waals surface area (Å²) in [5.41, 5.74) is 0. The molecule has 0 radical (unpaired) electrons. The first-order valence-corrected chi connectivity index (χ1v) is 4.00. The summed E-state index contributed by atoms with van der Waals surface area (Å²) < 4.78 is 20.6. The van der Waals surface area contributed by atoms with E-state index in [4.69, 9.17) is 11.6 Å². The minimum absolute atomic E-state index is 0. The molecule has 1 aromatic rings. The largest absolute Gasteiger partial charge is 1.00 e. The Labute approximate surface area is 94.5 Å². The van der Waals surface area contributed by atoms with E-state index in [1.807, 2.05) is 0 Å². The van der Waals surface area contributed by atoms with Crippen LogP contribution in [-0.2, 0) is 11.1 Å². The zero-order valence-corrected chi connectivity index (χ0v) is 9.48. The third-order valence-electron chi connectivity index (χ3n) is 0.989. The van der Waals surface area contributed by atoms with Crippen LogP contribution in [0.3, 0.4) is 0 Å². The van der Waals surface area contributed by atoms with Crippen LogP contribution in [0.1, 0.15) is 0 Å². The molecule has 0 fully saturated rings. The topological polar surface area (TPSA) is 40.1 Å². The molecule has 1 aromatic carbocycles. The van der Waals surface area contributed by atoms with Crippen molar-refractivity contribution in [2.75, 3.05) is 0 Å². The van der Waals surface area contributed by atoms with Gasteiger partial charge in [0.1, 0.15) is 0 Å². The van der Waals surface area contributed by atoms with E-state index in [9.17, 15) is 8.76 Å². The summed E-state index contributed by atoms with van der Waals surface area (Å²) in [5.74, 6) is 0. The van der Waals surface area contributed by atoms with Crippen LogP contribution in [0.2, 0.25) is 5.02 Å². The second-order valence-corrected chi connectivity index (χ2v) is 3.07. The molecule has 0 bridgehead atoms. The van der Waals surface area contributed by atoms with Crippen molar-refractivity contribution < 1.29 is 38.3 Å². The molecule has 0 aliphatic heterocycles. The van der Waals surface area contributed by atoms with E-state index in [-0.39, 0.29) is 34.5 Å². The molecule has 1 rings (SSSR count). The quantitative estimate of drug-likeness (QED) is 0.411. The first kappa shape index (κ1) is 11.6. The molecule has 0 aliphatic carbocycles. The predicted molar refractivity (Wildman–Crippen MR) is 38.6 cm³/mol. The molecule has 0 saturated carbocycles. The molecule has 5 heteroatoms. The molecule has 2 nitrogen and oxygen atoms in total. The van der Waals surface area contributed by atoms with Crippen LogP contribution < -0.4 is 29.6 Å². The van der Waals surface area contributed by atoms with Crippen LogP contribution in [0, 0.1) is 0 Å². The fraction of sp³-hybridized carbons (Fsp3) is 0. The second kappa shape index (κ2) is 5.30. The summed E-state index contributed by atoms with van der Waals surface area (Å²) in [6.07, 6.45) is 0. The molecule has 1 atom stereocenters. The molecule has 11 heavy (non-hydrogen) atoms. The fourth-order valence-corrected chi connectivity index (χ4v) is 1.24. The van der Waals surface area contributed by atoms with Crippen molar-refractivity contribution in [3.8, 4) is 0 Å². The molecule has 0 spiro atoms. The van der Waals surface area contributed by atoms with Crippen molar-refractivity contribution in [3.63, 3.8) is 0 Å². The Kier molecular flexibility index (Phi) is 5.60. The molecule has 54 valence electrons. The normalized spacial score (nSPS) is 11.8. The van der Waals surface area contributed by atoms with Gasteiger partial charge in [0.15, 0.2) is 0 Å². The summed E-state index contributed by atoms with van der Waals surface area (Å²) in [7, 11) is 0. The van der Waals surface area contributed by atoms with Crippen LogP contribution in [0.4, 0.5) is 0 Å². The van der Waals surface area contributed by atoms with Gasteiger partial charge in [-0.05, 0) is 29.3 Å². The maximum absolute atomic E-state index is 10.3. The van der Waals surface area contributed by atoms with E-state index < -0.39 is 11.1 Å². The van der Waals surface area contributed by atoms with Crippen molar-refractivity contribution in [3.05, 3.63) is 29.3 Å². The van der Waals surface area contributed by atoms with Gasteiger partial charge in [-0.25, -0.2) is 0 Å². The van der Waals surface area contributed by atoms with Gasteiger partial charge >= 0.3 is 29.6 Å². The van der Waals surface area contributed by atoms with Gasteiger partial charge in [-0.3, -0.25) is 4.21 Å². The summed E-state index contributed by atoms with van der Waals surface area (Å²) in [4.78, 5) is 0.215. The molecule has 0 aromatic heterocycles. The van der Waals surface area contributed by atoms with Crippen molar-refractivity contribution in [2.45, 2.75) is 4.90 Å². The minimum Gasteiger partial charge on any atom is -0.768 e. The van der Waals surface area contributed by atoms with Gasteiger partial charge in [0.05, 0.1) is 0 Å². The third-order valence-corrected chi connectivity index (χ3v) is 1.86. The van der Waals surface area contributed by atoms with Crippen molar-refractivity contribution in [1.29, 1.82) is 0 Å². The van der Waals surface area contributed by atoms with Gasteiger partial charge in [-0.15, -0.1) is 0 Å². The number of halogens is 1. The zero-order chi connectivity index (χ0) is 7.56. The molecule has 0 N–H and O–H groups in total. The van der Waals surface area contributed by atoms with E-state index in [2.05, 4.69) is 0 Å². The second-order valence-electron chi connectivity index (χ2n) is 1.69. The Balaban J connectivity index is 0.000001000. The van der Waals surface area contributed by atoms with Crippen molar-refractivity contribution in [1.82, 2.24) is 0 Å². The molecule has 0 amide bonds. The summed E-state index contributed by atoms with van der Waals surface area (Å²) in [5, 5.41) is 0.432. The Hall–Kier alpha value is 0.620. The Morgan fingerprint density at radius 3 is 2.45 bits per heavy atom. The van der Waals surface area contributed by atoms with Crippen molar-refractivity contribution in [2.24, 2.45) is 0 Å². The molecular weight excluding hydrogens is 195 g/mol. The van der Waals surface area contributed by atoms with Crippen LogP contribution >= 0.6 is 11.6 Å². The molecule has 0 aliphatic rings. The van der Waals surface area contributed by atoms with Crippen molar-refractivity contribution >= 4 is 22.7 Å². The minimum atomic E-state index is -2.17. The number of hydrogen-bond acceptors (Lipinski definition) is 2. The van der Waals surface area contributed by atoms with Crippen LogP contribution in [-0.4, -0.2) is 8.76 Å². The summed E-state index contributed by atoms with van der Waals surface area (Å²) in [6.45, 7) is 0. The Bertz CT molecular complexity index is 267. The maximum Gasteiger partial charge on any atom is 1.00 e. The first-order chi connectivity index (χ1) is 4.70. The average molecular weight is 199 g/mol. The summed E-state index contributed by atoms with van der Waals surface area (Å²) in [6, 6.07) is 6.09.